The Balaban J connectivity index is -0.0000000835. The molecule has 0 aromatic heterocycles. The summed E-state index contributed by atoms with van der Waals surface area (Å²) in [5.74, 6) is -0.625. The maximum absolute atomic E-state index is 9.86. The van der Waals surface area contributed by atoms with Crippen LogP contribution in [0, 0.1) is 5.40 Å². The van der Waals surface area contributed by atoms with Crippen molar-refractivity contribution in [3.8, 4) is 0 Å². The van der Waals surface area contributed by atoms with Gasteiger partial charge in [0.2, 0.25) is 0 Å². The van der Waals surface area contributed by atoms with Crippen molar-refractivity contribution < 1.29 is 23.4 Å². The Morgan fingerprint density at radius 2 is 1.81 bits per heavy atom. The summed E-state index contributed by atoms with van der Waals surface area (Å²) in [7, 11) is 0. The monoisotopic (exact) mass is 236 g/mol. The van der Waals surface area contributed by atoms with Crippen LogP contribution >= 0.6 is 0 Å². The molecule has 0 amide bonds. The summed E-state index contributed by atoms with van der Waals surface area (Å²) >= 11 is 0. The zero-order valence-electron chi connectivity index (χ0n) is 12.5. The van der Waals surface area contributed by atoms with Crippen LogP contribution in [0.25, 0.3) is 0 Å². The van der Waals surface area contributed by atoms with Crippen LogP contribution in [0.2, 0.25) is 4.24 Å². The van der Waals surface area contributed by atoms with Crippen LogP contribution < -0.4 is 11.9 Å². The van der Waals surface area contributed by atoms with Gasteiger partial charge in [-0.05, 0) is 6.92 Å². The molecule has 0 aliphatic rings. The standard InChI is InChI=1S/C3H7NO.C3H5NO.C3H4O2.H3N/c3*1-3(5)2-4;/h2,4H2,1H3;2,4H,1H3;2H,1H3;1H3/i/hD3. The molecule has 7 nitrogen and oxygen atoms in total. The van der Waals surface area contributed by atoms with Crippen molar-refractivity contribution in [1.82, 2.24) is 6.14 Å². The first-order valence-electron chi connectivity index (χ1n) is 5.42. The first kappa shape index (κ1) is 14.3. The van der Waals surface area contributed by atoms with E-state index in [0.29, 0.717) is 0 Å². The zero-order chi connectivity index (χ0) is 16.3. The summed E-state index contributed by atoms with van der Waals surface area (Å²) in [4.78, 5) is 38.2. The van der Waals surface area contributed by atoms with Gasteiger partial charge >= 0.3 is 0 Å². The molecule has 0 aromatic carbocycles. The molecular formula is C9H19N3O4. The lowest BCUT2D eigenvalue weighted by Crippen LogP contribution is -2.07. The average molecular weight is 236 g/mol. The fourth-order valence-corrected chi connectivity index (χ4v) is 0. The SMILES string of the molecule is CC(=O)C=O.[2H]N.[2H]N=CC(C)=O.[2H]NCC(C)=O. The van der Waals surface area contributed by atoms with Gasteiger partial charge in [-0.25, -0.2) is 0 Å². The van der Waals surface area contributed by atoms with Gasteiger partial charge in [-0.1, -0.05) is 0 Å². The van der Waals surface area contributed by atoms with Crippen LogP contribution in [0.15, 0.2) is 0 Å². The molecule has 94 valence electrons. The molecule has 0 aromatic rings. The minimum Gasteiger partial charge on any atom is -0.344 e. The number of rotatable bonds is 4. The van der Waals surface area contributed by atoms with Crippen molar-refractivity contribution >= 4 is 29.9 Å². The smallest absolute Gasteiger partial charge is 0.192 e. The van der Waals surface area contributed by atoms with Gasteiger partial charge in [-0.15, -0.1) is 0 Å². The molecule has 0 rings (SSSR count). The van der Waals surface area contributed by atoms with Crippen molar-refractivity contribution in [2.45, 2.75) is 20.8 Å². The Kier molecular flexibility index (Phi) is 16.9. The second-order valence-corrected chi connectivity index (χ2v) is 2.35. The molecule has 0 saturated heterocycles. The van der Waals surface area contributed by atoms with Gasteiger partial charge in [0, 0.05) is 13.8 Å². The molecular weight excluding hydrogens is 214 g/mol. The van der Waals surface area contributed by atoms with Crippen molar-refractivity contribution in [3.05, 3.63) is 0 Å². The summed E-state index contributed by atoms with van der Waals surface area (Å²) in [5, 5.41) is 2.71. The van der Waals surface area contributed by atoms with Gasteiger partial charge in [0.25, 0.3) is 0 Å². The van der Waals surface area contributed by atoms with Crippen LogP contribution in [0.1, 0.15) is 20.8 Å². The first-order chi connectivity index (χ1) is 8.81. The van der Waals surface area contributed by atoms with Gasteiger partial charge in [0.1, 0.15) is 8.61 Å². The lowest BCUT2D eigenvalue weighted by atomic mass is 10.5. The quantitative estimate of drug-likeness (QED) is 0.346. The van der Waals surface area contributed by atoms with Crippen molar-refractivity contribution in [1.29, 1.82) is 5.40 Å². The number of ketones is 3. The number of nitrogens with two attached hydrogens (primary N) is 1. The number of Topliss-reactive ketones (excluding diaryl/α,β-unsaturated/α-hetero) is 3. The minimum absolute atomic E-state index is 0.00926. The number of hydrogen-bond acceptors (Lipinski definition) is 7. The number of carbonyl (C=O) groups excluding carboxylic acids is 4. The van der Waals surface area contributed by atoms with Crippen molar-refractivity contribution in [2.75, 3.05) is 6.54 Å². The first-order valence-corrected chi connectivity index (χ1v) is 3.89. The second-order valence-electron chi connectivity index (χ2n) is 2.35. The van der Waals surface area contributed by atoms with E-state index >= 15 is 0 Å². The molecule has 0 saturated carbocycles. The Bertz CT molecular complexity index is 286. The van der Waals surface area contributed by atoms with Crippen LogP contribution in [0.3, 0.4) is 0 Å². The molecule has 16 heavy (non-hydrogen) atoms. The molecule has 7 heteroatoms. The predicted molar refractivity (Wildman–Crippen MR) is 61.0 cm³/mol. The minimum atomic E-state index is -0.426. The fourth-order valence-electron chi connectivity index (χ4n) is 0. The van der Waals surface area contributed by atoms with Crippen LogP contribution in [-0.2, 0) is 19.2 Å². The topological polar surface area (TPSA) is 153 Å². The summed E-state index contributed by atoms with van der Waals surface area (Å²) in [5.41, 5.74) is 1.97. The third kappa shape index (κ3) is 85.5. The van der Waals surface area contributed by atoms with E-state index < -0.39 is 5.78 Å². The van der Waals surface area contributed by atoms with Crippen molar-refractivity contribution in [3.63, 3.8) is 0 Å². The molecule has 0 spiro atoms. The Labute approximate surface area is 98.9 Å². The molecule has 0 aliphatic carbocycles. The number of nitrogens with one attached hydrogen (secondary N) is 1. The molecule has 0 unspecified atom stereocenters. The maximum Gasteiger partial charge on any atom is 0.192 e. The van der Waals surface area contributed by atoms with Crippen molar-refractivity contribution in [2.24, 2.45) is 5.73 Å². The molecule has 0 bridgehead atoms. The van der Waals surface area contributed by atoms with Gasteiger partial charge in [-0.3, -0.25) is 19.2 Å². The Morgan fingerprint density at radius 1 is 1.38 bits per heavy atom. The van der Waals surface area contributed by atoms with E-state index in [1.54, 1.807) is 0 Å². The van der Waals surface area contributed by atoms with E-state index in [9.17, 15) is 14.4 Å². The number of aldehydes is 1. The molecule has 6 N–H and O–H groups in total. The highest BCUT2D eigenvalue weighted by Gasteiger charge is 1.77. The lowest BCUT2D eigenvalue weighted by molar-refractivity contribution is -0.128. The largest absolute Gasteiger partial charge is 0.344 e. The highest BCUT2D eigenvalue weighted by atomic mass is 16.2. The number of carbonyl (C=O) groups is 4. The van der Waals surface area contributed by atoms with E-state index in [2.05, 4.69) is 11.5 Å². The normalized spacial score (nSPS) is 9.38. The van der Waals surface area contributed by atoms with Gasteiger partial charge < -0.3 is 17.3 Å². The third-order valence-corrected chi connectivity index (χ3v) is 0.597. The molecule has 0 aliphatic heterocycles. The fraction of sp³-hybridized carbons (Fsp3) is 0.444. The van der Waals surface area contributed by atoms with Gasteiger partial charge in [0.05, 0.1) is 12.8 Å². The van der Waals surface area contributed by atoms with Gasteiger partial charge in [0.15, 0.2) is 19.3 Å². The summed E-state index contributed by atoms with van der Waals surface area (Å²) < 4.78 is 17.6. The van der Waals surface area contributed by atoms with E-state index in [-0.39, 0.29) is 24.4 Å². The molecule has 0 fully saturated rings. The second kappa shape index (κ2) is 18.9. The summed E-state index contributed by atoms with van der Waals surface area (Å²) in [6.45, 7) is 4.15. The molecule has 0 radical (unpaired) electrons. The van der Waals surface area contributed by atoms with E-state index in [1.165, 1.54) is 20.8 Å². The summed E-state index contributed by atoms with van der Waals surface area (Å²) in [6, 6.07) is 0. The lowest BCUT2D eigenvalue weighted by Gasteiger charge is -1.73. The molecule has 0 atom stereocenters. The zero-order valence-corrected chi connectivity index (χ0v) is 9.52. The third-order valence-electron chi connectivity index (χ3n) is 0.597. The summed E-state index contributed by atoms with van der Waals surface area (Å²) in [6.07, 6.45) is 4.97. The van der Waals surface area contributed by atoms with Crippen LogP contribution in [-0.4, -0.2) is 36.4 Å². The van der Waals surface area contributed by atoms with E-state index in [0.717, 1.165) is 6.21 Å². The highest BCUT2D eigenvalue weighted by Crippen LogP contribution is 1.51. The van der Waals surface area contributed by atoms with E-state index in [4.69, 9.17) is 9.03 Å². The maximum atomic E-state index is 9.86. The Hall–Kier alpha value is -1.73. The van der Waals surface area contributed by atoms with Crippen LogP contribution in [0.5, 0.6) is 0 Å². The average Bonchev–Trinajstić information content (AvgIpc) is 2.32. The van der Waals surface area contributed by atoms with Crippen LogP contribution in [0.4, 0.5) is 0 Å². The van der Waals surface area contributed by atoms with E-state index in [1.807, 2.05) is 5.73 Å². The Morgan fingerprint density at radius 3 is 1.81 bits per heavy atom. The molecule has 0 heterocycles. The predicted octanol–water partition coefficient (Wildman–Crippen LogP) is -0.305. The number of hydrogen-bond donors (Lipinski definition) is 3. The van der Waals surface area contributed by atoms with Gasteiger partial charge in [-0.2, -0.15) is 0 Å². The highest BCUT2D eigenvalue weighted by molar-refractivity contribution is 6.24.